The monoisotopic (exact) mass is 282 g/mol. The number of amides is 2. The molecule has 0 saturated carbocycles. The summed E-state index contributed by atoms with van der Waals surface area (Å²) in [6.07, 6.45) is 0.411. The molecule has 2 amide bonds. The van der Waals surface area contributed by atoms with E-state index in [1.54, 1.807) is 6.92 Å². The third-order valence-electron chi connectivity index (χ3n) is 2.88. The highest BCUT2D eigenvalue weighted by molar-refractivity contribution is 8.02. The molecular weight excluding hydrogens is 268 g/mol. The van der Waals surface area contributed by atoms with E-state index in [2.05, 4.69) is 6.58 Å². The lowest BCUT2D eigenvalue weighted by Crippen LogP contribution is -2.61. The number of hydroxylamine groups is 1. The maximum Gasteiger partial charge on any atom is 0.359 e. The van der Waals surface area contributed by atoms with E-state index in [9.17, 15) is 14.4 Å². The first kappa shape index (κ1) is 13.7. The molecule has 0 radical (unpaired) electrons. The van der Waals surface area contributed by atoms with Gasteiger partial charge in [0.25, 0.3) is 0 Å². The van der Waals surface area contributed by atoms with Crippen molar-refractivity contribution in [1.82, 2.24) is 10.4 Å². The molecule has 1 unspecified atom stereocenters. The molecule has 0 aromatic heterocycles. The molecule has 102 valence electrons. The van der Waals surface area contributed by atoms with Gasteiger partial charge in [-0.3, -0.25) is 9.59 Å². The lowest BCUT2D eigenvalue weighted by molar-refractivity contribution is -0.167. The van der Waals surface area contributed by atoms with E-state index in [-0.39, 0.29) is 11.3 Å². The van der Waals surface area contributed by atoms with Crippen LogP contribution in [0.25, 0.3) is 0 Å². The minimum absolute atomic E-state index is 0.0366. The summed E-state index contributed by atoms with van der Waals surface area (Å²) in [5.41, 5.74) is 3.32. The lowest BCUT2D eigenvalue weighted by atomic mass is 9.97. The van der Waals surface area contributed by atoms with E-state index in [1.807, 2.05) is 10.9 Å². The van der Waals surface area contributed by atoms with Crippen molar-refractivity contribution < 1.29 is 19.2 Å². The minimum atomic E-state index is -0.822. The van der Waals surface area contributed by atoms with Crippen LogP contribution in [0, 0.1) is 0 Å². The molecule has 1 N–H and O–H groups in total. The van der Waals surface area contributed by atoms with Gasteiger partial charge >= 0.3 is 5.97 Å². The molecule has 2 aliphatic rings. The molecule has 2 aliphatic heterocycles. The first-order valence-electron chi connectivity index (χ1n) is 5.71. The second-order valence-corrected chi connectivity index (χ2v) is 5.48. The maximum atomic E-state index is 12.0. The predicted octanol–water partition coefficient (Wildman–Crippen LogP) is 0.715. The van der Waals surface area contributed by atoms with E-state index < -0.39 is 17.9 Å². The Balaban J connectivity index is 2.21. The highest BCUT2D eigenvalue weighted by Gasteiger charge is 2.48. The molecule has 1 saturated heterocycles. The van der Waals surface area contributed by atoms with Gasteiger partial charge in [0.1, 0.15) is 0 Å². The van der Waals surface area contributed by atoms with Crippen molar-refractivity contribution in [2.75, 3.05) is 0 Å². The molecule has 0 aliphatic carbocycles. The van der Waals surface area contributed by atoms with E-state index in [1.165, 1.54) is 23.6 Å². The van der Waals surface area contributed by atoms with Gasteiger partial charge in [-0.15, -0.1) is 11.8 Å². The highest BCUT2D eigenvalue weighted by Crippen LogP contribution is 2.41. The van der Waals surface area contributed by atoms with Crippen molar-refractivity contribution in [2.24, 2.45) is 0 Å². The number of hydrogen-bond donors (Lipinski definition) is 1. The average Bonchev–Trinajstić information content (AvgIpc) is 2.33. The van der Waals surface area contributed by atoms with Gasteiger partial charge in [0.2, 0.25) is 11.8 Å². The third kappa shape index (κ3) is 2.51. The first-order chi connectivity index (χ1) is 8.91. The van der Waals surface area contributed by atoms with Gasteiger partial charge in [-0.2, -0.15) is 5.48 Å². The third-order valence-corrected chi connectivity index (χ3v) is 3.98. The molecule has 7 heteroatoms. The highest BCUT2D eigenvalue weighted by atomic mass is 32.2. The quantitative estimate of drug-likeness (QED) is 0.596. The van der Waals surface area contributed by atoms with Crippen LogP contribution in [-0.4, -0.2) is 34.1 Å². The van der Waals surface area contributed by atoms with Crippen molar-refractivity contribution in [1.29, 1.82) is 0 Å². The summed E-state index contributed by atoms with van der Waals surface area (Å²) in [5.74, 6) is -1.26. The van der Waals surface area contributed by atoms with Crippen LogP contribution < -0.4 is 5.48 Å². The van der Waals surface area contributed by atoms with E-state index in [4.69, 9.17) is 4.84 Å². The normalized spacial score (nSPS) is 24.8. The number of carbonyl (C=O) groups is 3. The molecule has 0 aromatic rings. The summed E-state index contributed by atoms with van der Waals surface area (Å²) >= 11 is 1.49. The standard InChI is InChI=1S/C12H14N2O4S/c1-6(2)8-5-19-10-4-9(16)14(10)11(8)12(17)18-13-7(3)15/h5,10-11H,1,4H2,2-3H3,(H,13,15)/t10-,11?/m0/s1. The van der Waals surface area contributed by atoms with Crippen LogP contribution in [-0.2, 0) is 19.2 Å². The zero-order valence-corrected chi connectivity index (χ0v) is 11.5. The summed E-state index contributed by atoms with van der Waals surface area (Å²) < 4.78 is 0. The fraction of sp³-hybridized carbons (Fsp3) is 0.417. The second kappa shape index (κ2) is 5.08. The van der Waals surface area contributed by atoms with Crippen molar-refractivity contribution in [3.8, 4) is 0 Å². The van der Waals surface area contributed by atoms with Crippen LogP contribution >= 0.6 is 11.8 Å². The Morgan fingerprint density at radius 2 is 2.21 bits per heavy atom. The fourth-order valence-electron chi connectivity index (χ4n) is 1.94. The Hall–Kier alpha value is -1.76. The molecule has 2 atom stereocenters. The molecule has 1 fully saturated rings. The summed E-state index contributed by atoms with van der Waals surface area (Å²) in [5, 5.41) is 1.79. The molecule has 0 bridgehead atoms. The zero-order chi connectivity index (χ0) is 14.2. The van der Waals surface area contributed by atoms with Gasteiger partial charge in [0.05, 0.1) is 11.8 Å². The first-order valence-corrected chi connectivity index (χ1v) is 6.66. The zero-order valence-electron chi connectivity index (χ0n) is 10.6. The Morgan fingerprint density at radius 1 is 1.53 bits per heavy atom. The lowest BCUT2D eigenvalue weighted by Gasteiger charge is -2.46. The van der Waals surface area contributed by atoms with Gasteiger partial charge in [0, 0.05) is 6.92 Å². The van der Waals surface area contributed by atoms with Crippen LogP contribution in [0.2, 0.25) is 0 Å². The van der Waals surface area contributed by atoms with Crippen molar-refractivity contribution in [2.45, 2.75) is 31.7 Å². The summed E-state index contributed by atoms with van der Waals surface area (Å²) in [7, 11) is 0. The van der Waals surface area contributed by atoms with E-state index in [0.29, 0.717) is 17.6 Å². The molecule has 0 spiro atoms. The van der Waals surface area contributed by atoms with Crippen LogP contribution in [0.3, 0.4) is 0 Å². The SMILES string of the molecule is C=C(C)C1=CS[C@H]2CC(=O)N2C1C(=O)ONC(C)=O. The predicted molar refractivity (Wildman–Crippen MR) is 69.4 cm³/mol. The van der Waals surface area contributed by atoms with Gasteiger partial charge in [0.15, 0.2) is 6.04 Å². The number of carbonyl (C=O) groups excluding carboxylic acids is 3. The number of β-lactam (4-membered cyclic amide) rings is 1. The van der Waals surface area contributed by atoms with E-state index >= 15 is 0 Å². The fourth-order valence-corrected chi connectivity index (χ4v) is 3.19. The number of nitrogens with one attached hydrogen (secondary N) is 1. The molecule has 19 heavy (non-hydrogen) atoms. The number of thioether (sulfide) groups is 1. The number of fused-ring (bicyclic) bond motifs is 1. The largest absolute Gasteiger partial charge is 0.359 e. The molecule has 2 rings (SSSR count). The maximum absolute atomic E-state index is 12.0. The van der Waals surface area contributed by atoms with E-state index in [0.717, 1.165) is 0 Å². The topological polar surface area (TPSA) is 75.7 Å². The molecule has 2 heterocycles. The van der Waals surface area contributed by atoms with Crippen LogP contribution in [0.1, 0.15) is 20.3 Å². The van der Waals surface area contributed by atoms with Gasteiger partial charge in [-0.1, -0.05) is 12.2 Å². The van der Waals surface area contributed by atoms with Crippen LogP contribution in [0.5, 0.6) is 0 Å². The van der Waals surface area contributed by atoms with Crippen LogP contribution in [0.4, 0.5) is 0 Å². The van der Waals surface area contributed by atoms with Crippen molar-refractivity contribution >= 4 is 29.5 Å². The minimum Gasteiger partial charge on any atom is -0.338 e. The Labute approximate surface area is 114 Å². The van der Waals surface area contributed by atoms with Crippen LogP contribution in [0.15, 0.2) is 23.1 Å². The number of hydrogen-bond acceptors (Lipinski definition) is 5. The van der Waals surface area contributed by atoms with Crippen molar-refractivity contribution in [3.63, 3.8) is 0 Å². The Bertz CT molecular complexity index is 500. The smallest absolute Gasteiger partial charge is 0.338 e. The summed E-state index contributed by atoms with van der Waals surface area (Å²) in [6.45, 7) is 6.79. The summed E-state index contributed by atoms with van der Waals surface area (Å²) in [6, 6.07) is -0.822. The molecule has 6 nitrogen and oxygen atoms in total. The Kier molecular flexibility index (Phi) is 3.66. The number of nitrogens with zero attached hydrogens (tertiary/aromatic N) is 1. The summed E-state index contributed by atoms with van der Waals surface area (Å²) in [4.78, 5) is 40.6. The van der Waals surface area contributed by atoms with Crippen molar-refractivity contribution in [3.05, 3.63) is 23.1 Å². The van der Waals surface area contributed by atoms with Gasteiger partial charge in [-0.25, -0.2) is 4.79 Å². The molecular formula is C12H14N2O4S. The Morgan fingerprint density at radius 3 is 2.74 bits per heavy atom. The molecule has 0 aromatic carbocycles. The van der Waals surface area contributed by atoms with Gasteiger partial charge in [-0.05, 0) is 17.9 Å². The second-order valence-electron chi connectivity index (χ2n) is 4.43. The van der Waals surface area contributed by atoms with Gasteiger partial charge < -0.3 is 9.74 Å². The number of rotatable bonds is 2. The average molecular weight is 282 g/mol.